The Balaban J connectivity index is 1.57. The number of rotatable bonds is 6. The van der Waals surface area contributed by atoms with Crippen molar-refractivity contribution in [2.24, 2.45) is 4.99 Å². The van der Waals surface area contributed by atoms with Crippen LogP contribution in [0.25, 0.3) is 0 Å². The van der Waals surface area contributed by atoms with E-state index < -0.39 is 0 Å². The molecule has 1 aromatic heterocycles. The van der Waals surface area contributed by atoms with Crippen molar-refractivity contribution < 1.29 is 4.39 Å². The maximum Gasteiger partial charge on any atom is 0.191 e. The first-order valence-corrected chi connectivity index (χ1v) is 9.61. The van der Waals surface area contributed by atoms with Crippen LogP contribution in [0.3, 0.4) is 0 Å². The second-order valence-corrected chi connectivity index (χ2v) is 7.69. The molecular weight excluding hydrogens is 335 g/mol. The summed E-state index contributed by atoms with van der Waals surface area (Å²) in [4.78, 5) is 10.0. The maximum atomic E-state index is 13.2. The van der Waals surface area contributed by atoms with Crippen molar-refractivity contribution in [1.82, 2.24) is 15.6 Å². The minimum atomic E-state index is -0.182. The van der Waals surface area contributed by atoms with Crippen molar-refractivity contribution >= 4 is 17.3 Å². The molecule has 0 saturated heterocycles. The van der Waals surface area contributed by atoms with E-state index in [4.69, 9.17) is 0 Å². The summed E-state index contributed by atoms with van der Waals surface area (Å²) in [6, 6.07) is 6.93. The molecule has 0 bridgehead atoms. The Labute approximate surface area is 152 Å². The highest BCUT2D eigenvalue weighted by Gasteiger charge is 2.38. The fourth-order valence-electron chi connectivity index (χ4n) is 3.20. The Morgan fingerprint density at radius 3 is 2.60 bits per heavy atom. The first-order valence-electron chi connectivity index (χ1n) is 8.79. The van der Waals surface area contributed by atoms with Crippen LogP contribution in [0.2, 0.25) is 0 Å². The van der Waals surface area contributed by atoms with E-state index in [9.17, 15) is 4.39 Å². The van der Waals surface area contributed by atoms with Gasteiger partial charge in [-0.1, -0.05) is 25.5 Å². The van der Waals surface area contributed by atoms with Gasteiger partial charge in [-0.25, -0.2) is 9.37 Å². The first-order chi connectivity index (χ1) is 12.1. The van der Waals surface area contributed by atoms with Gasteiger partial charge >= 0.3 is 0 Å². The lowest BCUT2D eigenvalue weighted by Crippen LogP contribution is -2.48. The summed E-state index contributed by atoms with van der Waals surface area (Å²) in [6.45, 7) is 3.61. The zero-order valence-corrected chi connectivity index (χ0v) is 15.6. The highest BCUT2D eigenvalue weighted by Crippen LogP contribution is 2.43. The molecule has 1 aliphatic carbocycles. The highest BCUT2D eigenvalue weighted by molar-refractivity contribution is 7.11. The lowest BCUT2D eigenvalue weighted by Gasteiger charge is -2.43. The smallest absolute Gasteiger partial charge is 0.191 e. The number of nitrogens with one attached hydrogen (secondary N) is 2. The summed E-state index contributed by atoms with van der Waals surface area (Å²) in [6.07, 6.45) is 6.41. The molecule has 1 saturated carbocycles. The van der Waals surface area contributed by atoms with E-state index in [-0.39, 0.29) is 11.2 Å². The van der Waals surface area contributed by atoms with E-state index in [1.165, 1.54) is 16.9 Å². The molecule has 25 heavy (non-hydrogen) atoms. The van der Waals surface area contributed by atoms with Crippen molar-refractivity contribution in [3.05, 3.63) is 51.7 Å². The number of aryl methyl sites for hydroxylation is 1. The van der Waals surface area contributed by atoms with E-state index in [1.807, 2.05) is 18.3 Å². The third-order valence-corrected chi connectivity index (χ3v) is 6.08. The molecule has 6 heteroatoms. The van der Waals surface area contributed by atoms with E-state index in [0.29, 0.717) is 6.54 Å². The van der Waals surface area contributed by atoms with Crippen LogP contribution in [-0.4, -0.2) is 24.5 Å². The van der Waals surface area contributed by atoms with Crippen LogP contribution in [0.5, 0.6) is 0 Å². The monoisotopic (exact) mass is 360 g/mol. The molecule has 0 spiro atoms. The molecule has 0 atom stereocenters. The van der Waals surface area contributed by atoms with Crippen LogP contribution >= 0.6 is 11.3 Å². The highest BCUT2D eigenvalue weighted by atomic mass is 32.1. The Kier molecular flexibility index (Phi) is 5.68. The van der Waals surface area contributed by atoms with Crippen LogP contribution in [0.1, 0.15) is 41.6 Å². The van der Waals surface area contributed by atoms with Crippen molar-refractivity contribution in [1.29, 1.82) is 0 Å². The van der Waals surface area contributed by atoms with Gasteiger partial charge in [0.2, 0.25) is 0 Å². The molecule has 1 fully saturated rings. The van der Waals surface area contributed by atoms with E-state index in [2.05, 4.69) is 27.5 Å². The molecule has 0 unspecified atom stereocenters. The second kappa shape index (κ2) is 7.95. The van der Waals surface area contributed by atoms with Gasteiger partial charge in [0.05, 0.1) is 6.54 Å². The number of aromatic nitrogens is 1. The van der Waals surface area contributed by atoms with Crippen LogP contribution in [0.4, 0.5) is 4.39 Å². The normalized spacial score (nSPS) is 16.4. The van der Waals surface area contributed by atoms with Crippen LogP contribution in [0.15, 0.2) is 35.5 Å². The first kappa shape index (κ1) is 17.9. The van der Waals surface area contributed by atoms with E-state index in [0.717, 1.165) is 36.8 Å². The Morgan fingerprint density at radius 1 is 1.28 bits per heavy atom. The molecule has 1 aromatic carbocycles. The van der Waals surface area contributed by atoms with Gasteiger partial charge in [0.1, 0.15) is 10.8 Å². The SMILES string of the molecule is CCc1cnc(CNC(=NC)NCC2(c3ccc(F)cc3)CCC2)s1. The lowest BCUT2D eigenvalue weighted by molar-refractivity contribution is 0.243. The average molecular weight is 361 g/mol. The predicted molar refractivity (Wildman–Crippen MR) is 102 cm³/mol. The Morgan fingerprint density at radius 2 is 2.04 bits per heavy atom. The minimum absolute atomic E-state index is 0.0852. The van der Waals surface area contributed by atoms with E-state index in [1.54, 1.807) is 30.5 Å². The van der Waals surface area contributed by atoms with Crippen molar-refractivity contribution in [2.45, 2.75) is 44.6 Å². The predicted octanol–water partition coefficient (Wildman–Crippen LogP) is 3.63. The Hall–Kier alpha value is -1.95. The zero-order chi connectivity index (χ0) is 17.7. The number of benzene rings is 1. The second-order valence-electron chi connectivity index (χ2n) is 6.49. The van der Waals surface area contributed by atoms with Gasteiger partial charge in [-0.2, -0.15) is 0 Å². The molecule has 1 heterocycles. The molecule has 1 aliphatic rings. The van der Waals surface area contributed by atoms with Gasteiger partial charge in [-0.3, -0.25) is 4.99 Å². The molecule has 2 N–H and O–H groups in total. The quantitative estimate of drug-likeness (QED) is 0.611. The summed E-state index contributed by atoms with van der Waals surface area (Å²) >= 11 is 1.73. The number of aliphatic imine (C=N–C) groups is 1. The summed E-state index contributed by atoms with van der Waals surface area (Å²) < 4.78 is 13.2. The largest absolute Gasteiger partial charge is 0.356 e. The number of halogens is 1. The molecule has 4 nitrogen and oxygen atoms in total. The topological polar surface area (TPSA) is 49.3 Å². The summed E-state index contributed by atoms with van der Waals surface area (Å²) in [5.74, 6) is 0.597. The zero-order valence-electron chi connectivity index (χ0n) is 14.8. The standard InChI is InChI=1S/C19H25FN4S/c1-3-16-11-22-17(25-16)12-23-18(21-2)24-13-19(9-4-10-19)14-5-7-15(20)8-6-14/h5-8,11H,3-4,9-10,12-13H2,1-2H3,(H2,21,23,24). The summed E-state index contributed by atoms with van der Waals surface area (Å²) in [5.41, 5.74) is 1.29. The van der Waals surface area contributed by atoms with Crippen LogP contribution in [-0.2, 0) is 18.4 Å². The molecular formula is C19H25FN4S. The third kappa shape index (κ3) is 4.18. The van der Waals surface area contributed by atoms with Crippen LogP contribution in [0, 0.1) is 5.82 Å². The fraction of sp³-hybridized carbons (Fsp3) is 0.474. The number of thiazole rings is 1. The number of guanidine groups is 1. The average Bonchev–Trinajstić information content (AvgIpc) is 3.06. The van der Waals surface area contributed by atoms with Crippen molar-refractivity contribution in [3.8, 4) is 0 Å². The molecule has 134 valence electrons. The maximum absolute atomic E-state index is 13.2. The van der Waals surface area contributed by atoms with Crippen molar-refractivity contribution in [2.75, 3.05) is 13.6 Å². The van der Waals surface area contributed by atoms with Crippen molar-refractivity contribution in [3.63, 3.8) is 0 Å². The van der Waals surface area contributed by atoms with Gasteiger partial charge in [-0.05, 0) is 37.0 Å². The Bertz CT molecular complexity index is 719. The van der Waals surface area contributed by atoms with Gasteiger partial charge in [0, 0.05) is 30.1 Å². The third-order valence-electron chi connectivity index (χ3n) is 4.94. The lowest BCUT2D eigenvalue weighted by atomic mass is 9.64. The van der Waals surface area contributed by atoms with Crippen LogP contribution < -0.4 is 10.6 Å². The van der Waals surface area contributed by atoms with Gasteiger partial charge in [0.25, 0.3) is 0 Å². The molecule has 0 aliphatic heterocycles. The molecule has 2 aromatic rings. The van der Waals surface area contributed by atoms with Gasteiger partial charge in [-0.15, -0.1) is 11.3 Å². The molecule has 3 rings (SSSR count). The fourth-order valence-corrected chi connectivity index (χ4v) is 4.00. The molecule has 0 amide bonds. The summed E-state index contributed by atoms with van der Waals surface area (Å²) in [7, 11) is 1.78. The van der Waals surface area contributed by atoms with Gasteiger partial charge < -0.3 is 10.6 Å². The number of hydrogen-bond acceptors (Lipinski definition) is 3. The number of hydrogen-bond donors (Lipinski definition) is 2. The van der Waals surface area contributed by atoms with E-state index >= 15 is 0 Å². The minimum Gasteiger partial charge on any atom is -0.356 e. The summed E-state index contributed by atoms with van der Waals surface area (Å²) in [5, 5.41) is 7.84. The molecule has 0 radical (unpaired) electrons. The number of nitrogens with zero attached hydrogens (tertiary/aromatic N) is 2. The van der Waals surface area contributed by atoms with Gasteiger partial charge in [0.15, 0.2) is 5.96 Å².